The van der Waals surface area contributed by atoms with Crippen molar-refractivity contribution in [1.82, 2.24) is 21.3 Å². The molecule has 0 spiro atoms. The molecule has 0 bridgehead atoms. The summed E-state index contributed by atoms with van der Waals surface area (Å²) < 4.78 is 5.26. The van der Waals surface area contributed by atoms with Gasteiger partial charge in [-0.05, 0) is 30.9 Å². The van der Waals surface area contributed by atoms with Crippen molar-refractivity contribution >= 4 is 47.0 Å². The van der Waals surface area contributed by atoms with Gasteiger partial charge in [0.15, 0.2) is 0 Å². The smallest absolute Gasteiger partial charge is 0.308 e. The Morgan fingerprint density at radius 3 is 2.04 bits per heavy atom. The first-order valence-corrected chi connectivity index (χ1v) is 16.1. The molecule has 1 aromatic carbocycles. The molecule has 47 heavy (non-hydrogen) atoms. The fraction of sp³-hybridized carbons (Fsp3) is 0.606. The van der Waals surface area contributed by atoms with E-state index in [2.05, 4.69) is 26.6 Å². The fourth-order valence-corrected chi connectivity index (χ4v) is 4.15. The number of hydrogen-bond acceptors (Lipinski definition) is 9. The predicted octanol–water partition coefficient (Wildman–Crippen LogP) is 1.56. The number of benzene rings is 1. The Labute approximate surface area is 277 Å². The van der Waals surface area contributed by atoms with Gasteiger partial charge < -0.3 is 37.1 Å². The number of nitrogens with one attached hydrogen (secondary N) is 5. The van der Waals surface area contributed by atoms with Crippen LogP contribution in [0.3, 0.4) is 0 Å². The molecule has 0 heterocycles. The van der Waals surface area contributed by atoms with Gasteiger partial charge in [-0.3, -0.25) is 33.6 Å². The largest absolute Gasteiger partial charge is 0.461 e. The van der Waals surface area contributed by atoms with Crippen LogP contribution >= 0.6 is 0 Å². The van der Waals surface area contributed by atoms with E-state index in [1.807, 2.05) is 13.8 Å². The van der Waals surface area contributed by atoms with Crippen molar-refractivity contribution in [1.29, 1.82) is 0 Å². The van der Waals surface area contributed by atoms with Crippen LogP contribution in [-0.4, -0.2) is 73.5 Å². The monoisotopic (exact) mass is 660 g/mol. The van der Waals surface area contributed by atoms with Gasteiger partial charge in [-0.25, -0.2) is 0 Å². The molecule has 0 saturated carbocycles. The highest BCUT2D eigenvalue weighted by atomic mass is 16.5. The molecule has 14 heteroatoms. The van der Waals surface area contributed by atoms with Crippen LogP contribution in [0.15, 0.2) is 18.2 Å². The number of Topliss-reactive ketones (excluding diaryl/α,β-unsaturated/α-hetero) is 1. The number of hydrogen-bond donors (Lipinski definition) is 6. The lowest BCUT2D eigenvalue weighted by atomic mass is 10.0. The molecule has 0 aliphatic rings. The Morgan fingerprint density at radius 2 is 1.43 bits per heavy atom. The quantitative estimate of drug-likeness (QED) is 0.0832. The van der Waals surface area contributed by atoms with Crippen LogP contribution < -0.4 is 32.3 Å². The van der Waals surface area contributed by atoms with Crippen LogP contribution in [0.4, 0.5) is 5.69 Å². The third kappa shape index (κ3) is 16.2. The van der Waals surface area contributed by atoms with Crippen molar-refractivity contribution < 1.29 is 38.3 Å². The molecule has 7 N–H and O–H groups in total. The highest BCUT2D eigenvalue weighted by molar-refractivity contribution is 6.00. The first-order valence-electron chi connectivity index (χ1n) is 16.1. The Hall–Kier alpha value is -4.33. The lowest BCUT2D eigenvalue weighted by Crippen LogP contribution is -2.52. The number of rotatable bonds is 21. The first kappa shape index (κ1) is 40.7. The van der Waals surface area contributed by atoms with Gasteiger partial charge in [-0.15, -0.1) is 0 Å². The molecule has 1 unspecified atom stereocenters. The number of carbonyl (C=O) groups is 7. The Balaban J connectivity index is 2.65. The van der Waals surface area contributed by atoms with Gasteiger partial charge in [-0.2, -0.15) is 0 Å². The zero-order valence-corrected chi connectivity index (χ0v) is 28.5. The summed E-state index contributed by atoms with van der Waals surface area (Å²) in [6, 6.07) is 3.57. The normalized spacial score (nSPS) is 11.5. The summed E-state index contributed by atoms with van der Waals surface area (Å²) >= 11 is 0. The average Bonchev–Trinajstić information content (AvgIpc) is 3.02. The zero-order chi connectivity index (χ0) is 35.5. The molecule has 262 valence electrons. The van der Waals surface area contributed by atoms with Crippen molar-refractivity contribution in [3.63, 3.8) is 0 Å². The predicted molar refractivity (Wildman–Crippen MR) is 177 cm³/mol. The molecule has 5 amide bonds. The average molecular weight is 661 g/mol. The van der Waals surface area contributed by atoms with Crippen molar-refractivity contribution in [2.24, 2.45) is 23.5 Å². The van der Waals surface area contributed by atoms with Crippen LogP contribution in [0.2, 0.25) is 0 Å². The number of carbonyl (C=O) groups excluding carboxylic acids is 7. The third-order valence-corrected chi connectivity index (χ3v) is 7.02. The third-order valence-electron chi connectivity index (χ3n) is 7.02. The molecule has 14 nitrogen and oxygen atoms in total. The summed E-state index contributed by atoms with van der Waals surface area (Å²) in [4.78, 5) is 86.4. The number of ether oxygens (including phenoxy) is 1. The second-order valence-corrected chi connectivity index (χ2v) is 12.2. The summed E-state index contributed by atoms with van der Waals surface area (Å²) in [7, 11) is 0. The highest BCUT2D eigenvalue weighted by Gasteiger charge is 2.25. The van der Waals surface area contributed by atoms with Gasteiger partial charge in [0.25, 0.3) is 5.91 Å². The van der Waals surface area contributed by atoms with E-state index in [0.29, 0.717) is 24.8 Å². The van der Waals surface area contributed by atoms with Gasteiger partial charge in [0, 0.05) is 48.7 Å². The van der Waals surface area contributed by atoms with Gasteiger partial charge >= 0.3 is 5.97 Å². The molecular weight excluding hydrogens is 608 g/mol. The lowest BCUT2D eigenvalue weighted by Gasteiger charge is -2.22. The highest BCUT2D eigenvalue weighted by Crippen LogP contribution is 2.18. The van der Waals surface area contributed by atoms with Crippen molar-refractivity contribution in [2.45, 2.75) is 86.3 Å². The van der Waals surface area contributed by atoms with E-state index in [1.54, 1.807) is 33.8 Å². The Kier molecular flexibility index (Phi) is 18.6. The lowest BCUT2D eigenvalue weighted by molar-refractivity contribution is -0.148. The van der Waals surface area contributed by atoms with E-state index < -0.39 is 42.2 Å². The number of unbranched alkanes of at least 4 members (excludes halogenated alkanes) is 2. The fourth-order valence-electron chi connectivity index (χ4n) is 4.15. The zero-order valence-electron chi connectivity index (χ0n) is 28.5. The minimum absolute atomic E-state index is 0.000925. The van der Waals surface area contributed by atoms with Crippen molar-refractivity contribution in [3.8, 4) is 0 Å². The molecular formula is C33H52N6O8. The van der Waals surface area contributed by atoms with Crippen LogP contribution in [0.25, 0.3) is 0 Å². The van der Waals surface area contributed by atoms with E-state index in [9.17, 15) is 33.6 Å². The van der Waals surface area contributed by atoms with E-state index in [4.69, 9.17) is 10.5 Å². The summed E-state index contributed by atoms with van der Waals surface area (Å²) in [5.41, 5.74) is 6.38. The van der Waals surface area contributed by atoms with Gasteiger partial charge in [0.05, 0.1) is 19.0 Å². The van der Waals surface area contributed by atoms with Crippen LogP contribution in [-0.2, 0) is 40.1 Å². The van der Waals surface area contributed by atoms with Crippen LogP contribution in [0, 0.1) is 17.8 Å². The van der Waals surface area contributed by atoms with Crippen molar-refractivity contribution in [2.75, 3.05) is 31.5 Å². The van der Waals surface area contributed by atoms with Gasteiger partial charge in [-0.1, -0.05) is 54.0 Å². The van der Waals surface area contributed by atoms with E-state index in [1.165, 1.54) is 12.1 Å². The Bertz CT molecular complexity index is 1250. The van der Waals surface area contributed by atoms with E-state index >= 15 is 0 Å². The first-order chi connectivity index (χ1) is 22.2. The van der Waals surface area contributed by atoms with Crippen molar-refractivity contribution in [3.05, 3.63) is 29.3 Å². The second kappa shape index (κ2) is 21.5. The Morgan fingerprint density at radius 1 is 0.766 bits per heavy atom. The minimum atomic E-state index is -0.962. The number of ketones is 1. The van der Waals surface area contributed by atoms with Gasteiger partial charge in [0.1, 0.15) is 18.4 Å². The summed E-state index contributed by atoms with van der Waals surface area (Å²) in [6.07, 6.45) is 2.75. The topological polar surface area (TPSA) is 215 Å². The number of nitrogens with two attached hydrogens (primary N) is 1. The molecule has 0 saturated heterocycles. The molecule has 0 radical (unpaired) electrons. The van der Waals surface area contributed by atoms with Crippen LogP contribution in [0.1, 0.15) is 89.6 Å². The molecule has 0 aliphatic heterocycles. The summed E-state index contributed by atoms with van der Waals surface area (Å²) in [5.74, 6) is -3.39. The number of amides is 5. The molecule has 0 aromatic heterocycles. The maximum atomic E-state index is 12.8. The van der Waals surface area contributed by atoms with E-state index in [0.717, 1.165) is 6.42 Å². The molecule has 0 aliphatic carbocycles. The van der Waals surface area contributed by atoms with Crippen LogP contribution in [0.5, 0.6) is 0 Å². The molecule has 1 atom stereocenters. The van der Waals surface area contributed by atoms with Gasteiger partial charge in [0.2, 0.25) is 23.6 Å². The molecule has 1 aromatic rings. The number of esters is 1. The molecule has 1 rings (SSSR count). The molecule has 0 fully saturated rings. The maximum Gasteiger partial charge on any atom is 0.308 e. The maximum absolute atomic E-state index is 12.8. The standard InChI is InChI=1S/C33H52N6O8/c1-20(2)26(40)10-8-7-9-11-27(41)36-17-29(43)39-30(21(3)4)32(45)37-18-28(42)38-24-13-12-23(19-47-33(46)22(5)6)25(16-24)31(44)35-15-14-34/h12-13,16,20-22,30H,7-11,14-15,17-19,34H2,1-6H3,(H,35,44)(H,36,41)(H,37,45)(H,38,42)(H,39,43). The number of anilines is 1. The summed E-state index contributed by atoms with van der Waals surface area (Å²) in [6.45, 7) is 10.1. The SMILES string of the molecule is CC(C)C(=O)CCCCCC(=O)NCC(=O)NC(C(=O)NCC(=O)Nc1ccc(COC(=O)C(C)C)c(C(=O)NCCN)c1)C(C)C. The van der Waals surface area contributed by atoms with E-state index in [-0.39, 0.29) is 73.4 Å². The second-order valence-electron chi connectivity index (χ2n) is 12.2. The summed E-state index contributed by atoms with van der Waals surface area (Å²) in [5, 5.41) is 12.9. The minimum Gasteiger partial charge on any atom is -0.461 e.